The van der Waals surface area contributed by atoms with Gasteiger partial charge in [0.25, 0.3) is 11.8 Å². The maximum absolute atomic E-state index is 13.4. The van der Waals surface area contributed by atoms with Crippen LogP contribution in [0.15, 0.2) is 65.7 Å². The van der Waals surface area contributed by atoms with Crippen LogP contribution in [0.5, 0.6) is 5.75 Å². The third-order valence-corrected chi connectivity index (χ3v) is 5.57. The fraction of sp³-hybridized carbons (Fsp3) is 0.130. The molecule has 0 fully saturated rings. The third-order valence-electron chi connectivity index (χ3n) is 4.68. The molecule has 0 aliphatic carbocycles. The molecule has 0 spiro atoms. The number of benzene rings is 2. The topological polar surface area (TPSA) is 58.6 Å². The van der Waals surface area contributed by atoms with Crippen LogP contribution in [-0.4, -0.2) is 18.9 Å². The number of rotatable bonds is 5. The number of hydrogen-bond acceptors (Lipinski definition) is 5. The quantitative estimate of drug-likeness (QED) is 0.623. The number of methoxy groups -OCH3 is 1. The normalized spacial score (nSPS) is 14.0. The van der Waals surface area contributed by atoms with Gasteiger partial charge in [-0.25, -0.2) is 4.90 Å². The number of carbonyl (C=O) groups is 2. The van der Waals surface area contributed by atoms with Crippen molar-refractivity contribution in [2.45, 2.75) is 13.8 Å². The van der Waals surface area contributed by atoms with Crippen LogP contribution >= 0.6 is 11.3 Å². The molecule has 0 unspecified atom stereocenters. The Bertz CT molecular complexity index is 1110. The van der Waals surface area contributed by atoms with Crippen LogP contribution < -0.4 is 15.0 Å². The highest BCUT2D eigenvalue weighted by Gasteiger charge is 2.41. The first kappa shape index (κ1) is 19.0. The minimum atomic E-state index is -0.380. The van der Waals surface area contributed by atoms with Gasteiger partial charge in [-0.3, -0.25) is 9.59 Å². The van der Waals surface area contributed by atoms with E-state index in [1.54, 1.807) is 13.2 Å². The molecule has 0 atom stereocenters. The van der Waals surface area contributed by atoms with Crippen molar-refractivity contribution in [2.24, 2.45) is 0 Å². The number of ether oxygens (including phenoxy) is 1. The van der Waals surface area contributed by atoms with Crippen molar-refractivity contribution >= 4 is 40.1 Å². The van der Waals surface area contributed by atoms with E-state index in [4.69, 9.17) is 4.74 Å². The molecular weight excluding hydrogens is 384 g/mol. The summed E-state index contributed by atoms with van der Waals surface area (Å²) < 4.78 is 5.39. The predicted octanol–water partition coefficient (Wildman–Crippen LogP) is 4.77. The van der Waals surface area contributed by atoms with E-state index < -0.39 is 0 Å². The van der Waals surface area contributed by atoms with Gasteiger partial charge >= 0.3 is 0 Å². The van der Waals surface area contributed by atoms with Crippen molar-refractivity contribution in [1.29, 1.82) is 0 Å². The van der Waals surface area contributed by atoms with E-state index in [1.165, 1.54) is 16.2 Å². The fourth-order valence-electron chi connectivity index (χ4n) is 3.49. The molecule has 2 heterocycles. The monoisotopic (exact) mass is 404 g/mol. The van der Waals surface area contributed by atoms with E-state index in [9.17, 15) is 9.59 Å². The van der Waals surface area contributed by atoms with Gasteiger partial charge in [0, 0.05) is 4.88 Å². The van der Waals surface area contributed by atoms with Crippen molar-refractivity contribution in [2.75, 3.05) is 17.3 Å². The number of para-hydroxylation sites is 2. The van der Waals surface area contributed by atoms with Crippen LogP contribution in [0.1, 0.15) is 16.0 Å². The smallest absolute Gasteiger partial charge is 0.282 e. The number of nitrogens with zero attached hydrogens (tertiary/aromatic N) is 1. The molecule has 29 heavy (non-hydrogen) atoms. The van der Waals surface area contributed by atoms with Crippen LogP contribution in [0.25, 0.3) is 5.57 Å². The molecule has 0 bridgehead atoms. The number of hydrogen-bond donors (Lipinski definition) is 1. The van der Waals surface area contributed by atoms with Gasteiger partial charge in [-0.15, -0.1) is 11.3 Å². The van der Waals surface area contributed by atoms with E-state index in [2.05, 4.69) is 5.32 Å². The summed E-state index contributed by atoms with van der Waals surface area (Å²) in [4.78, 5) is 28.8. The zero-order chi connectivity index (χ0) is 20.5. The number of carbonyl (C=O) groups excluding carboxylic acids is 2. The number of anilines is 2. The predicted molar refractivity (Wildman–Crippen MR) is 116 cm³/mol. The molecule has 1 aliphatic rings. The second-order valence-corrected chi connectivity index (χ2v) is 7.79. The Kier molecular flexibility index (Phi) is 4.94. The Hall–Kier alpha value is -3.38. The highest BCUT2D eigenvalue weighted by Crippen LogP contribution is 2.37. The van der Waals surface area contributed by atoms with Crippen LogP contribution in [-0.2, 0) is 9.59 Å². The van der Waals surface area contributed by atoms with Crippen LogP contribution in [0.2, 0.25) is 0 Å². The van der Waals surface area contributed by atoms with Gasteiger partial charge in [0.15, 0.2) is 0 Å². The second kappa shape index (κ2) is 7.56. The molecule has 2 aromatic carbocycles. The van der Waals surface area contributed by atoms with Crippen molar-refractivity contribution < 1.29 is 14.3 Å². The van der Waals surface area contributed by atoms with Crippen molar-refractivity contribution in [3.05, 3.63) is 81.7 Å². The van der Waals surface area contributed by atoms with E-state index in [0.717, 1.165) is 16.0 Å². The molecular formula is C23H20N2O3S. The average molecular weight is 404 g/mol. The lowest BCUT2D eigenvalue weighted by Gasteiger charge is -2.17. The van der Waals surface area contributed by atoms with Crippen molar-refractivity contribution in [1.82, 2.24) is 0 Å². The molecule has 1 N–H and O–H groups in total. The van der Waals surface area contributed by atoms with E-state index in [0.29, 0.717) is 22.7 Å². The molecule has 146 valence electrons. The van der Waals surface area contributed by atoms with E-state index in [1.807, 2.05) is 67.8 Å². The summed E-state index contributed by atoms with van der Waals surface area (Å²) in [6.07, 6.45) is 0. The lowest BCUT2D eigenvalue weighted by Crippen LogP contribution is -2.32. The Balaban J connectivity index is 1.83. The Morgan fingerprint density at radius 2 is 1.66 bits per heavy atom. The molecule has 0 radical (unpaired) electrons. The standard InChI is InChI=1S/C23H20N2O3S/c1-14-11-15(2)13-16(12-14)25-22(26)20(19-9-6-10-29-19)21(23(25)27)24-17-7-4-5-8-18(17)28-3/h4-13,24H,1-3H3. The average Bonchev–Trinajstić information content (AvgIpc) is 3.28. The van der Waals surface area contributed by atoms with E-state index in [-0.39, 0.29) is 17.5 Å². The third kappa shape index (κ3) is 3.43. The number of thiophene rings is 1. The molecule has 6 heteroatoms. The first-order valence-electron chi connectivity index (χ1n) is 9.15. The zero-order valence-corrected chi connectivity index (χ0v) is 17.2. The SMILES string of the molecule is COc1ccccc1NC1=C(c2cccs2)C(=O)N(c2cc(C)cc(C)c2)C1=O. The minimum absolute atomic E-state index is 0.251. The van der Waals surface area contributed by atoms with Gasteiger partial charge in [0.05, 0.1) is 24.1 Å². The largest absolute Gasteiger partial charge is 0.495 e. The fourth-order valence-corrected chi connectivity index (χ4v) is 4.26. The highest BCUT2D eigenvalue weighted by atomic mass is 32.1. The van der Waals surface area contributed by atoms with E-state index >= 15 is 0 Å². The second-order valence-electron chi connectivity index (χ2n) is 6.84. The summed E-state index contributed by atoms with van der Waals surface area (Å²) in [5.41, 5.74) is 3.80. The summed E-state index contributed by atoms with van der Waals surface area (Å²) in [7, 11) is 1.57. The number of amides is 2. The van der Waals surface area contributed by atoms with Gasteiger partial charge < -0.3 is 10.1 Å². The lowest BCUT2D eigenvalue weighted by atomic mass is 10.1. The molecule has 5 nitrogen and oxygen atoms in total. The number of aryl methyl sites for hydroxylation is 2. The van der Waals surface area contributed by atoms with Crippen molar-refractivity contribution in [3.8, 4) is 5.75 Å². The maximum atomic E-state index is 13.4. The molecule has 0 saturated carbocycles. The minimum Gasteiger partial charge on any atom is -0.495 e. The Morgan fingerprint density at radius 1 is 0.931 bits per heavy atom. The molecule has 4 rings (SSSR count). The van der Waals surface area contributed by atoms with Crippen LogP contribution in [0.4, 0.5) is 11.4 Å². The Labute approximate surface area is 173 Å². The summed E-state index contributed by atoms with van der Waals surface area (Å²) >= 11 is 1.42. The van der Waals surface area contributed by atoms with Gasteiger partial charge in [0.2, 0.25) is 0 Å². The van der Waals surface area contributed by atoms with Gasteiger partial charge in [0.1, 0.15) is 11.4 Å². The lowest BCUT2D eigenvalue weighted by molar-refractivity contribution is -0.120. The van der Waals surface area contributed by atoms with Gasteiger partial charge in [-0.2, -0.15) is 0 Å². The summed E-state index contributed by atoms with van der Waals surface area (Å²) in [6.45, 7) is 3.90. The van der Waals surface area contributed by atoms with Crippen molar-refractivity contribution in [3.63, 3.8) is 0 Å². The van der Waals surface area contributed by atoms with Crippen LogP contribution in [0, 0.1) is 13.8 Å². The van der Waals surface area contributed by atoms with Crippen LogP contribution in [0.3, 0.4) is 0 Å². The van der Waals surface area contributed by atoms with Gasteiger partial charge in [-0.05, 0) is 60.7 Å². The summed E-state index contributed by atoms with van der Waals surface area (Å²) in [6, 6.07) is 16.7. The van der Waals surface area contributed by atoms with Gasteiger partial charge in [-0.1, -0.05) is 24.3 Å². The summed E-state index contributed by atoms with van der Waals surface area (Å²) in [5.74, 6) is -0.121. The molecule has 1 aliphatic heterocycles. The number of nitrogens with one attached hydrogen (secondary N) is 1. The Morgan fingerprint density at radius 3 is 2.31 bits per heavy atom. The molecule has 0 saturated heterocycles. The highest BCUT2D eigenvalue weighted by molar-refractivity contribution is 7.11. The summed E-state index contributed by atoms with van der Waals surface area (Å²) in [5, 5.41) is 5.05. The zero-order valence-electron chi connectivity index (χ0n) is 16.4. The molecule has 2 amide bonds. The first-order valence-corrected chi connectivity index (χ1v) is 10.0. The number of imide groups is 1. The maximum Gasteiger partial charge on any atom is 0.282 e. The molecule has 1 aromatic heterocycles. The first-order chi connectivity index (χ1) is 14.0. The molecule has 3 aromatic rings.